The van der Waals surface area contributed by atoms with Gasteiger partial charge in [0.15, 0.2) is 5.15 Å². The van der Waals surface area contributed by atoms with Crippen LogP contribution in [0.3, 0.4) is 0 Å². The molecule has 1 aromatic heterocycles. The van der Waals surface area contributed by atoms with Gasteiger partial charge in [-0.25, -0.2) is 4.98 Å². The first-order valence-electron chi connectivity index (χ1n) is 4.27. The second-order valence-corrected chi connectivity index (χ2v) is 5.95. The van der Waals surface area contributed by atoms with Crippen LogP contribution in [0.2, 0.25) is 10.3 Å². The maximum atomic E-state index is 11.6. The summed E-state index contributed by atoms with van der Waals surface area (Å²) < 4.78 is 26.5. The predicted molar refractivity (Wildman–Crippen MR) is 65.2 cm³/mol. The molecule has 1 heterocycles. The highest BCUT2D eigenvalue weighted by Gasteiger charge is 2.17. The fraction of sp³-hybridized carbons (Fsp3) is 0.375. The minimum absolute atomic E-state index is 0.0235. The normalized spacial score (nSPS) is 11.9. The number of nitrogens with zero attached hydrogens (tertiary/aromatic N) is 2. The first-order valence-corrected chi connectivity index (χ1v) is 6.46. The second kappa shape index (κ2) is 4.75. The lowest BCUT2D eigenvalue weighted by Crippen LogP contribution is -2.29. The molecule has 1 rings (SSSR count). The first kappa shape index (κ1) is 13.5. The summed E-state index contributed by atoms with van der Waals surface area (Å²) in [5.74, 6) is 0. The number of hydrogen-bond donors (Lipinski definition) is 1. The molecule has 8 heteroatoms. The monoisotopic (exact) mass is 283 g/mol. The Labute approximate surface area is 105 Å². The molecular formula is C8H11Cl2N3O2S. The quantitative estimate of drug-likeness (QED) is 0.862. The molecule has 0 saturated heterocycles. The largest absolute Gasteiger partial charge is 0.301 e. The Morgan fingerprint density at radius 2 is 1.94 bits per heavy atom. The molecule has 0 aliphatic rings. The molecule has 0 saturated carbocycles. The van der Waals surface area contributed by atoms with Crippen molar-refractivity contribution >= 4 is 39.1 Å². The standard InChI is InChI=1S/C8H11Cl2N3O2S/c1-5-4-6(9)11-8(10)7(5)12-16(14,15)13(2)3/h4,12H,1-3H3. The van der Waals surface area contributed by atoms with Gasteiger partial charge in [-0.2, -0.15) is 12.7 Å². The van der Waals surface area contributed by atoms with Gasteiger partial charge in [0.1, 0.15) is 5.15 Å². The van der Waals surface area contributed by atoms with Gasteiger partial charge in [-0.05, 0) is 18.6 Å². The third kappa shape index (κ3) is 2.98. The zero-order valence-electron chi connectivity index (χ0n) is 8.95. The number of hydrogen-bond acceptors (Lipinski definition) is 3. The molecule has 16 heavy (non-hydrogen) atoms. The Balaban J connectivity index is 3.17. The van der Waals surface area contributed by atoms with E-state index in [4.69, 9.17) is 23.2 Å². The zero-order chi connectivity index (χ0) is 12.5. The van der Waals surface area contributed by atoms with Crippen LogP contribution in [0.1, 0.15) is 5.56 Å². The molecular weight excluding hydrogens is 273 g/mol. The summed E-state index contributed by atoms with van der Waals surface area (Å²) in [6, 6.07) is 1.53. The van der Waals surface area contributed by atoms with Crippen LogP contribution in [0, 0.1) is 6.92 Å². The molecule has 0 fully saturated rings. The van der Waals surface area contributed by atoms with Gasteiger partial charge in [0.05, 0.1) is 5.69 Å². The molecule has 5 nitrogen and oxygen atoms in total. The van der Waals surface area contributed by atoms with E-state index in [-0.39, 0.29) is 16.0 Å². The molecule has 0 atom stereocenters. The van der Waals surface area contributed by atoms with Crippen LogP contribution in [0.15, 0.2) is 6.07 Å². The van der Waals surface area contributed by atoms with Crippen LogP contribution in [0.5, 0.6) is 0 Å². The third-order valence-corrected chi connectivity index (χ3v) is 3.74. The third-order valence-electron chi connectivity index (χ3n) is 1.85. The van der Waals surface area contributed by atoms with E-state index in [2.05, 4.69) is 9.71 Å². The van der Waals surface area contributed by atoms with E-state index in [9.17, 15) is 8.42 Å². The number of pyridine rings is 1. The lowest BCUT2D eigenvalue weighted by Gasteiger charge is -2.15. The van der Waals surface area contributed by atoms with Crippen molar-refractivity contribution in [3.63, 3.8) is 0 Å². The highest BCUT2D eigenvalue weighted by molar-refractivity contribution is 7.90. The predicted octanol–water partition coefficient (Wildman–Crippen LogP) is 1.92. The summed E-state index contributed by atoms with van der Waals surface area (Å²) in [6.45, 7) is 1.69. The molecule has 0 amide bonds. The molecule has 0 unspecified atom stereocenters. The SMILES string of the molecule is Cc1cc(Cl)nc(Cl)c1NS(=O)(=O)N(C)C. The molecule has 0 aromatic carbocycles. The van der Waals surface area contributed by atoms with Crippen LogP contribution in [-0.2, 0) is 10.2 Å². The van der Waals surface area contributed by atoms with Gasteiger partial charge in [-0.15, -0.1) is 0 Å². The van der Waals surface area contributed by atoms with Gasteiger partial charge < -0.3 is 0 Å². The lowest BCUT2D eigenvalue weighted by atomic mass is 10.3. The Kier molecular flexibility index (Phi) is 4.01. The molecule has 0 radical (unpaired) electrons. The first-order chi connectivity index (χ1) is 7.24. The Morgan fingerprint density at radius 3 is 2.38 bits per heavy atom. The summed E-state index contributed by atoms with van der Waals surface area (Å²) in [6.07, 6.45) is 0. The lowest BCUT2D eigenvalue weighted by molar-refractivity contribution is 0.526. The minimum Gasteiger partial charge on any atom is -0.268 e. The van der Waals surface area contributed by atoms with Crippen LogP contribution < -0.4 is 4.72 Å². The Morgan fingerprint density at radius 1 is 1.38 bits per heavy atom. The number of anilines is 1. The van der Waals surface area contributed by atoms with Gasteiger partial charge in [0.25, 0.3) is 0 Å². The Bertz CT molecular complexity index is 479. The summed E-state index contributed by atoms with van der Waals surface area (Å²) in [5.41, 5.74) is 0.843. The Hall–Kier alpha value is -0.560. The minimum atomic E-state index is -3.59. The molecule has 0 spiro atoms. The van der Waals surface area contributed by atoms with Crippen molar-refractivity contribution in [3.05, 3.63) is 21.9 Å². The fourth-order valence-electron chi connectivity index (χ4n) is 0.938. The van der Waals surface area contributed by atoms with E-state index >= 15 is 0 Å². The number of nitrogens with one attached hydrogen (secondary N) is 1. The zero-order valence-corrected chi connectivity index (χ0v) is 11.3. The van der Waals surface area contributed by atoms with Crippen molar-refractivity contribution < 1.29 is 8.42 Å². The number of aryl methyl sites for hydroxylation is 1. The molecule has 1 aromatic rings. The fourth-order valence-corrected chi connectivity index (χ4v) is 2.27. The highest BCUT2D eigenvalue weighted by Crippen LogP contribution is 2.27. The van der Waals surface area contributed by atoms with E-state index in [1.165, 1.54) is 20.2 Å². The van der Waals surface area contributed by atoms with E-state index < -0.39 is 10.2 Å². The number of aromatic nitrogens is 1. The van der Waals surface area contributed by atoms with Crippen molar-refractivity contribution in [3.8, 4) is 0 Å². The molecule has 0 bridgehead atoms. The molecule has 0 aliphatic heterocycles. The number of halogens is 2. The summed E-state index contributed by atoms with van der Waals surface area (Å²) >= 11 is 11.5. The molecule has 0 aliphatic carbocycles. The van der Waals surface area contributed by atoms with Gasteiger partial charge in [-0.3, -0.25) is 4.72 Å². The summed E-state index contributed by atoms with van der Waals surface area (Å²) in [4.78, 5) is 3.76. The van der Waals surface area contributed by atoms with E-state index in [1.54, 1.807) is 6.92 Å². The summed E-state index contributed by atoms with van der Waals surface area (Å²) in [7, 11) is -0.770. The van der Waals surface area contributed by atoms with Crippen molar-refractivity contribution in [2.45, 2.75) is 6.92 Å². The van der Waals surface area contributed by atoms with Crippen molar-refractivity contribution in [1.29, 1.82) is 0 Å². The average Bonchev–Trinajstić information content (AvgIpc) is 2.11. The van der Waals surface area contributed by atoms with E-state index in [0.29, 0.717) is 5.56 Å². The average molecular weight is 284 g/mol. The van der Waals surface area contributed by atoms with Crippen molar-refractivity contribution in [1.82, 2.24) is 9.29 Å². The van der Waals surface area contributed by atoms with Gasteiger partial charge in [0.2, 0.25) is 0 Å². The maximum absolute atomic E-state index is 11.6. The van der Waals surface area contributed by atoms with Crippen molar-refractivity contribution in [2.75, 3.05) is 18.8 Å². The van der Waals surface area contributed by atoms with Crippen LogP contribution >= 0.6 is 23.2 Å². The van der Waals surface area contributed by atoms with Gasteiger partial charge in [0, 0.05) is 14.1 Å². The highest BCUT2D eigenvalue weighted by atomic mass is 35.5. The topological polar surface area (TPSA) is 62.3 Å². The van der Waals surface area contributed by atoms with Crippen molar-refractivity contribution in [2.24, 2.45) is 0 Å². The number of rotatable bonds is 3. The molecule has 90 valence electrons. The van der Waals surface area contributed by atoms with Crippen LogP contribution in [0.4, 0.5) is 5.69 Å². The van der Waals surface area contributed by atoms with Crippen LogP contribution in [-0.4, -0.2) is 31.8 Å². The van der Waals surface area contributed by atoms with E-state index in [1.807, 2.05) is 0 Å². The van der Waals surface area contributed by atoms with Crippen LogP contribution in [0.25, 0.3) is 0 Å². The summed E-state index contributed by atoms with van der Waals surface area (Å²) in [5, 5.41) is 0.241. The molecule has 1 N–H and O–H groups in total. The van der Waals surface area contributed by atoms with Gasteiger partial charge in [-0.1, -0.05) is 23.2 Å². The van der Waals surface area contributed by atoms with Gasteiger partial charge >= 0.3 is 10.2 Å². The second-order valence-electron chi connectivity index (χ2n) is 3.32. The smallest absolute Gasteiger partial charge is 0.268 e. The van der Waals surface area contributed by atoms with E-state index in [0.717, 1.165) is 4.31 Å². The maximum Gasteiger partial charge on any atom is 0.301 e.